The number of hydrogen-bond donors (Lipinski definition) is 0. The quantitative estimate of drug-likeness (QED) is 0.427. The molecular formula is C17H16N2O5S2. The van der Waals surface area contributed by atoms with Gasteiger partial charge in [0.1, 0.15) is 0 Å². The molecule has 0 unspecified atom stereocenters. The molecule has 0 amide bonds. The summed E-state index contributed by atoms with van der Waals surface area (Å²) in [6, 6.07) is 4.18. The van der Waals surface area contributed by atoms with Crippen LogP contribution < -0.4 is 0 Å². The van der Waals surface area contributed by atoms with Crippen LogP contribution in [0.2, 0.25) is 0 Å². The van der Waals surface area contributed by atoms with E-state index in [4.69, 9.17) is 4.74 Å². The topological polar surface area (TPSA) is 99.4 Å². The van der Waals surface area contributed by atoms with Gasteiger partial charge in [0.15, 0.2) is 16.2 Å². The second kappa shape index (κ2) is 7.96. The van der Waals surface area contributed by atoms with E-state index in [0.717, 1.165) is 18.5 Å². The number of rotatable bonds is 5. The van der Waals surface area contributed by atoms with Crippen LogP contribution in [-0.2, 0) is 9.53 Å². The van der Waals surface area contributed by atoms with E-state index in [-0.39, 0.29) is 17.0 Å². The van der Waals surface area contributed by atoms with Crippen molar-refractivity contribution in [3.8, 4) is 0 Å². The highest BCUT2D eigenvalue weighted by atomic mass is 32.2. The van der Waals surface area contributed by atoms with Crippen LogP contribution >= 0.6 is 23.1 Å². The Hall–Kier alpha value is -2.26. The molecule has 136 valence electrons. The molecule has 1 saturated carbocycles. The molecule has 26 heavy (non-hydrogen) atoms. The minimum atomic E-state index is -0.748. The van der Waals surface area contributed by atoms with Crippen LogP contribution in [0.3, 0.4) is 0 Å². The molecule has 1 fully saturated rings. The second-order valence-electron chi connectivity index (χ2n) is 5.90. The molecule has 0 aliphatic heterocycles. The molecule has 0 radical (unpaired) electrons. The minimum Gasteiger partial charge on any atom is -0.451 e. The van der Waals surface area contributed by atoms with Crippen molar-refractivity contribution in [2.24, 2.45) is 0 Å². The predicted octanol–water partition coefficient (Wildman–Crippen LogP) is 4.18. The van der Waals surface area contributed by atoms with Gasteiger partial charge in [0, 0.05) is 23.6 Å². The highest BCUT2D eigenvalue weighted by Crippen LogP contribution is 2.37. The minimum absolute atomic E-state index is 0.0646. The van der Waals surface area contributed by atoms with Gasteiger partial charge in [-0.3, -0.25) is 14.9 Å². The van der Waals surface area contributed by atoms with Gasteiger partial charge >= 0.3 is 5.97 Å². The molecule has 0 spiro atoms. The van der Waals surface area contributed by atoms with E-state index >= 15 is 0 Å². The van der Waals surface area contributed by atoms with Gasteiger partial charge < -0.3 is 4.74 Å². The summed E-state index contributed by atoms with van der Waals surface area (Å²) in [4.78, 5) is 39.6. The number of aryl methyl sites for hydroxylation is 1. The van der Waals surface area contributed by atoms with Gasteiger partial charge in [-0.1, -0.05) is 11.8 Å². The maximum absolute atomic E-state index is 12.3. The molecule has 1 aromatic carbocycles. The average Bonchev–Trinajstić information content (AvgIpc) is 3.02. The fraction of sp³-hybridized carbons (Fsp3) is 0.353. The zero-order valence-electron chi connectivity index (χ0n) is 14.0. The number of Topliss-reactive ketones (excluding diaryl/α,β-unsaturated/α-hetero) is 1. The van der Waals surface area contributed by atoms with E-state index in [9.17, 15) is 19.7 Å². The smallest absolute Gasteiger partial charge is 0.339 e. The number of nitro benzene ring substituents is 1. The number of esters is 1. The van der Waals surface area contributed by atoms with Crippen LogP contribution in [0.25, 0.3) is 0 Å². The molecule has 0 N–H and O–H groups in total. The van der Waals surface area contributed by atoms with Crippen molar-refractivity contribution in [2.75, 3.05) is 0 Å². The van der Waals surface area contributed by atoms with E-state index in [1.807, 2.05) is 12.3 Å². The molecule has 1 aromatic heterocycles. The van der Waals surface area contributed by atoms with E-state index in [2.05, 4.69) is 4.98 Å². The van der Waals surface area contributed by atoms with Crippen molar-refractivity contribution in [1.82, 2.24) is 4.98 Å². The number of benzene rings is 1. The Bertz CT molecular complexity index is 865. The van der Waals surface area contributed by atoms with Gasteiger partial charge in [0.25, 0.3) is 5.69 Å². The fourth-order valence-electron chi connectivity index (χ4n) is 2.62. The van der Waals surface area contributed by atoms with E-state index in [1.54, 1.807) is 0 Å². The highest BCUT2D eigenvalue weighted by molar-refractivity contribution is 8.01. The maximum atomic E-state index is 12.3. The summed E-state index contributed by atoms with van der Waals surface area (Å²) in [7, 11) is 0. The summed E-state index contributed by atoms with van der Waals surface area (Å²) < 4.78 is 5.95. The zero-order chi connectivity index (χ0) is 18.7. The number of ether oxygens (including phenoxy) is 1. The number of thiazole rings is 1. The van der Waals surface area contributed by atoms with Gasteiger partial charge in [-0.25, -0.2) is 9.78 Å². The van der Waals surface area contributed by atoms with Crippen LogP contribution in [0.5, 0.6) is 0 Å². The number of carbonyl (C=O) groups excluding carboxylic acids is 2. The molecule has 1 heterocycles. The largest absolute Gasteiger partial charge is 0.451 e. The van der Waals surface area contributed by atoms with E-state index in [0.29, 0.717) is 22.1 Å². The van der Waals surface area contributed by atoms with Crippen LogP contribution in [0.15, 0.2) is 32.8 Å². The summed E-state index contributed by atoms with van der Waals surface area (Å²) in [5, 5.41) is 13.3. The average molecular weight is 392 g/mol. The Morgan fingerprint density at radius 2 is 2.23 bits per heavy atom. The molecular weight excluding hydrogens is 376 g/mol. The van der Waals surface area contributed by atoms with E-state index < -0.39 is 17.0 Å². The van der Waals surface area contributed by atoms with Gasteiger partial charge in [0.05, 0.1) is 15.4 Å². The van der Waals surface area contributed by atoms with Crippen molar-refractivity contribution in [1.29, 1.82) is 0 Å². The first-order valence-electron chi connectivity index (χ1n) is 8.06. The normalized spacial score (nSPS) is 17.1. The van der Waals surface area contributed by atoms with Gasteiger partial charge in [-0.2, -0.15) is 0 Å². The van der Waals surface area contributed by atoms with Crippen LogP contribution in [-0.4, -0.2) is 27.8 Å². The van der Waals surface area contributed by atoms with Crippen LogP contribution in [0, 0.1) is 17.0 Å². The lowest BCUT2D eigenvalue weighted by molar-refractivity contribution is -0.387. The monoisotopic (exact) mass is 392 g/mol. The third kappa shape index (κ3) is 4.28. The first-order chi connectivity index (χ1) is 12.4. The number of nitrogens with zero attached hydrogens (tertiary/aromatic N) is 2. The highest BCUT2D eigenvalue weighted by Gasteiger charge is 2.27. The molecule has 3 rings (SSSR count). The molecule has 0 saturated heterocycles. The van der Waals surface area contributed by atoms with Crippen molar-refractivity contribution >= 4 is 40.5 Å². The maximum Gasteiger partial charge on any atom is 0.339 e. The first kappa shape index (κ1) is 18.5. The molecule has 0 bridgehead atoms. The Balaban J connectivity index is 1.80. The Morgan fingerprint density at radius 1 is 1.42 bits per heavy atom. The van der Waals surface area contributed by atoms with Crippen molar-refractivity contribution in [3.63, 3.8) is 0 Å². The lowest BCUT2D eigenvalue weighted by Crippen LogP contribution is -2.30. The van der Waals surface area contributed by atoms with Gasteiger partial charge in [0.2, 0.25) is 0 Å². The summed E-state index contributed by atoms with van der Waals surface area (Å²) >= 11 is 2.58. The van der Waals surface area contributed by atoms with Crippen molar-refractivity contribution in [3.05, 3.63) is 45.0 Å². The standard InChI is InChI=1S/C17H16N2O5S2/c1-10-9-25-17(18-10)26-15-7-6-11(8-12(15)19(22)23)16(21)24-14-5-3-2-4-13(14)20/h6-9,14H,2-5H2,1H3/t14-/m0/s1. The van der Waals surface area contributed by atoms with Crippen LogP contribution in [0.4, 0.5) is 5.69 Å². The second-order valence-corrected chi connectivity index (χ2v) is 8.05. The summed E-state index contributed by atoms with van der Waals surface area (Å²) in [5.74, 6) is -0.805. The van der Waals surface area contributed by atoms with Gasteiger partial charge in [-0.15, -0.1) is 11.3 Å². The molecule has 1 aliphatic carbocycles. The number of ketones is 1. The van der Waals surface area contributed by atoms with Crippen molar-refractivity contribution in [2.45, 2.75) is 47.9 Å². The molecule has 1 aliphatic rings. The third-order valence-electron chi connectivity index (χ3n) is 3.93. The molecule has 2 aromatic rings. The summed E-state index contributed by atoms with van der Waals surface area (Å²) in [5.41, 5.74) is 0.722. The summed E-state index contributed by atoms with van der Waals surface area (Å²) in [6.07, 6.45) is 1.79. The molecule has 7 nitrogen and oxygen atoms in total. The number of aromatic nitrogens is 1. The molecule has 1 atom stereocenters. The molecule has 9 heteroatoms. The lowest BCUT2D eigenvalue weighted by atomic mass is 9.96. The first-order valence-corrected chi connectivity index (χ1v) is 9.76. The Labute approximate surface area is 157 Å². The fourth-order valence-corrected chi connectivity index (χ4v) is 4.50. The third-order valence-corrected chi connectivity index (χ3v) is 6.06. The Kier molecular flexibility index (Phi) is 5.67. The summed E-state index contributed by atoms with van der Waals surface area (Å²) in [6.45, 7) is 1.85. The Morgan fingerprint density at radius 3 is 2.88 bits per heavy atom. The number of hydrogen-bond acceptors (Lipinski definition) is 8. The number of nitro groups is 1. The van der Waals surface area contributed by atoms with Gasteiger partial charge in [-0.05, 0) is 38.3 Å². The number of carbonyl (C=O) groups is 2. The SMILES string of the molecule is Cc1csc(Sc2ccc(C(=O)O[C@H]3CCCCC3=O)cc2[N+](=O)[O-])n1. The van der Waals surface area contributed by atoms with Crippen molar-refractivity contribution < 1.29 is 19.2 Å². The van der Waals surface area contributed by atoms with E-state index in [1.165, 1.54) is 41.3 Å². The predicted molar refractivity (Wildman–Crippen MR) is 96.7 cm³/mol. The lowest BCUT2D eigenvalue weighted by Gasteiger charge is -2.20. The zero-order valence-corrected chi connectivity index (χ0v) is 15.6. The van der Waals surface area contributed by atoms with Crippen LogP contribution in [0.1, 0.15) is 41.7 Å².